The molecule has 0 aliphatic heterocycles. The zero-order valence-electron chi connectivity index (χ0n) is 14.9. The summed E-state index contributed by atoms with van der Waals surface area (Å²) < 4.78 is 0. The van der Waals surface area contributed by atoms with E-state index in [9.17, 15) is 10.2 Å². The number of allylic oxidation sites excluding steroid dienone is 3. The van der Waals surface area contributed by atoms with E-state index in [-0.39, 0.29) is 23.0 Å². The molecule has 3 saturated carbocycles. The Morgan fingerprint density at radius 1 is 1.04 bits per heavy atom. The smallest absolute Gasteiger partial charge is 0.0578 e. The zero-order valence-corrected chi connectivity index (χ0v) is 14.9. The van der Waals surface area contributed by atoms with E-state index in [0.717, 1.165) is 19.3 Å². The number of hydrogen-bond acceptors (Lipinski definition) is 2. The minimum absolute atomic E-state index is 0.135. The molecule has 0 aromatic carbocycles. The number of hydrogen-bond donors (Lipinski definition) is 2. The van der Waals surface area contributed by atoms with Crippen LogP contribution in [0.4, 0.5) is 0 Å². The van der Waals surface area contributed by atoms with E-state index in [1.807, 2.05) is 6.92 Å². The Morgan fingerprint density at radius 3 is 2.57 bits per heavy atom. The normalized spacial score (nSPS) is 50.3. The average Bonchev–Trinajstić information content (AvgIpc) is 2.85. The highest BCUT2D eigenvalue weighted by molar-refractivity contribution is 5.38. The lowest BCUT2D eigenvalue weighted by Crippen LogP contribution is -2.47. The van der Waals surface area contributed by atoms with E-state index in [1.165, 1.54) is 31.3 Å². The second kappa shape index (κ2) is 5.20. The predicted octanol–water partition coefficient (Wildman–Crippen LogP) is 4.23. The van der Waals surface area contributed by atoms with E-state index < -0.39 is 0 Å². The third-order valence-corrected chi connectivity index (χ3v) is 8.20. The second-order valence-corrected chi connectivity index (χ2v) is 9.25. The molecule has 7 atom stereocenters. The Morgan fingerprint density at radius 2 is 1.83 bits per heavy atom. The topological polar surface area (TPSA) is 40.5 Å². The van der Waals surface area contributed by atoms with Gasteiger partial charge in [0.15, 0.2) is 0 Å². The Bertz CT molecular complexity index is 560. The van der Waals surface area contributed by atoms with E-state index >= 15 is 0 Å². The predicted molar refractivity (Wildman–Crippen MR) is 92.9 cm³/mol. The molecule has 0 heterocycles. The highest BCUT2D eigenvalue weighted by Gasteiger charge is 2.56. The van der Waals surface area contributed by atoms with Crippen molar-refractivity contribution in [3.63, 3.8) is 0 Å². The summed E-state index contributed by atoms with van der Waals surface area (Å²) in [6.45, 7) is 6.87. The Labute approximate surface area is 140 Å². The van der Waals surface area contributed by atoms with Gasteiger partial charge in [0, 0.05) is 0 Å². The molecule has 128 valence electrons. The molecule has 2 nitrogen and oxygen atoms in total. The molecule has 0 aromatic heterocycles. The van der Waals surface area contributed by atoms with Gasteiger partial charge in [-0.25, -0.2) is 0 Å². The monoisotopic (exact) mass is 316 g/mol. The fourth-order valence-corrected chi connectivity index (χ4v) is 6.82. The third-order valence-electron chi connectivity index (χ3n) is 8.20. The lowest BCUT2D eigenvalue weighted by atomic mass is 9.50. The first-order valence-electron chi connectivity index (χ1n) is 9.63. The summed E-state index contributed by atoms with van der Waals surface area (Å²) in [5.41, 5.74) is 3.71. The van der Waals surface area contributed by atoms with Crippen LogP contribution in [0, 0.1) is 28.6 Å². The summed E-state index contributed by atoms with van der Waals surface area (Å²) in [5, 5.41) is 20.3. The van der Waals surface area contributed by atoms with Crippen LogP contribution in [0.1, 0.15) is 65.7 Å². The van der Waals surface area contributed by atoms with Gasteiger partial charge >= 0.3 is 0 Å². The maximum atomic E-state index is 10.3. The first kappa shape index (κ1) is 15.9. The number of rotatable bonds is 1. The molecule has 0 radical (unpaired) electrons. The molecule has 23 heavy (non-hydrogen) atoms. The lowest BCUT2D eigenvalue weighted by Gasteiger charge is -2.55. The molecule has 3 fully saturated rings. The van der Waals surface area contributed by atoms with E-state index in [2.05, 4.69) is 26.0 Å². The van der Waals surface area contributed by atoms with Crippen LogP contribution in [0.3, 0.4) is 0 Å². The molecule has 4 aliphatic carbocycles. The molecule has 0 unspecified atom stereocenters. The molecule has 0 saturated heterocycles. The van der Waals surface area contributed by atoms with Crippen molar-refractivity contribution < 1.29 is 10.2 Å². The molecule has 2 N–H and O–H groups in total. The quantitative estimate of drug-likeness (QED) is 0.760. The zero-order chi connectivity index (χ0) is 16.4. The van der Waals surface area contributed by atoms with Crippen molar-refractivity contribution in [2.45, 2.75) is 77.9 Å². The molecule has 0 spiro atoms. The average molecular weight is 316 g/mol. The molecule has 0 amide bonds. The van der Waals surface area contributed by atoms with Gasteiger partial charge in [-0.1, -0.05) is 37.1 Å². The standard InChI is InChI=1S/C21H32O2/c1-13(22)17-6-7-18-16-5-4-14-12-15(23)8-10-20(14,2)19(16)9-11-21(17,18)3/h4-5,13,15,17-19,22-23H,6-12H2,1-3H3/t13-,15+,17-,18+,19+,20+,21-/m1/s1. The molecular weight excluding hydrogens is 284 g/mol. The van der Waals surface area contributed by atoms with Gasteiger partial charge in [-0.05, 0) is 80.5 Å². The van der Waals surface area contributed by atoms with E-state index in [1.54, 1.807) is 5.57 Å². The minimum Gasteiger partial charge on any atom is -0.393 e. The molecule has 0 bridgehead atoms. The first-order chi connectivity index (χ1) is 10.9. The summed E-state index contributed by atoms with van der Waals surface area (Å²) in [7, 11) is 0. The van der Waals surface area contributed by atoms with Crippen LogP contribution in [-0.2, 0) is 0 Å². The lowest BCUT2D eigenvalue weighted by molar-refractivity contribution is 0.00425. The molecular formula is C21H32O2. The van der Waals surface area contributed by atoms with Crippen molar-refractivity contribution in [3.05, 3.63) is 23.3 Å². The molecule has 2 heteroatoms. The van der Waals surface area contributed by atoms with Gasteiger partial charge in [0.2, 0.25) is 0 Å². The highest BCUT2D eigenvalue weighted by atomic mass is 16.3. The molecule has 4 rings (SSSR count). The number of aliphatic hydroxyl groups is 2. The molecule has 4 aliphatic rings. The van der Waals surface area contributed by atoms with E-state index in [0.29, 0.717) is 17.8 Å². The van der Waals surface area contributed by atoms with Gasteiger partial charge in [-0.2, -0.15) is 0 Å². The van der Waals surface area contributed by atoms with Gasteiger partial charge < -0.3 is 10.2 Å². The van der Waals surface area contributed by atoms with Crippen molar-refractivity contribution in [2.75, 3.05) is 0 Å². The molecule has 0 aromatic rings. The van der Waals surface area contributed by atoms with Crippen LogP contribution < -0.4 is 0 Å². The Balaban J connectivity index is 1.71. The van der Waals surface area contributed by atoms with Crippen molar-refractivity contribution in [3.8, 4) is 0 Å². The number of aliphatic hydroxyl groups excluding tert-OH is 2. The SMILES string of the molecule is C[C@@H](O)[C@H]1CC[C@H]2C3=CC=C4C[C@@H](O)CC[C@]4(C)[C@H]3CC[C@]12C. The Kier molecular flexibility index (Phi) is 3.59. The summed E-state index contributed by atoms with van der Waals surface area (Å²) in [6.07, 6.45) is 12.3. The van der Waals surface area contributed by atoms with Crippen LogP contribution in [0.15, 0.2) is 23.3 Å². The van der Waals surface area contributed by atoms with Crippen LogP contribution >= 0.6 is 0 Å². The summed E-state index contributed by atoms with van der Waals surface area (Å²) in [4.78, 5) is 0. The third kappa shape index (κ3) is 2.14. The van der Waals surface area contributed by atoms with Gasteiger partial charge in [0.1, 0.15) is 0 Å². The second-order valence-electron chi connectivity index (χ2n) is 9.25. The first-order valence-corrected chi connectivity index (χ1v) is 9.63. The van der Waals surface area contributed by atoms with Crippen LogP contribution in [0.5, 0.6) is 0 Å². The van der Waals surface area contributed by atoms with Gasteiger partial charge in [-0.3, -0.25) is 0 Å². The summed E-state index contributed by atoms with van der Waals surface area (Å²) in [6, 6.07) is 0. The minimum atomic E-state index is -0.183. The number of fused-ring (bicyclic) bond motifs is 5. The van der Waals surface area contributed by atoms with Crippen molar-refractivity contribution in [2.24, 2.45) is 28.6 Å². The fraction of sp³-hybridized carbons (Fsp3) is 0.810. The summed E-state index contributed by atoms with van der Waals surface area (Å²) >= 11 is 0. The van der Waals surface area contributed by atoms with Gasteiger partial charge in [0.25, 0.3) is 0 Å². The van der Waals surface area contributed by atoms with Crippen LogP contribution in [0.2, 0.25) is 0 Å². The van der Waals surface area contributed by atoms with Crippen molar-refractivity contribution in [1.82, 2.24) is 0 Å². The van der Waals surface area contributed by atoms with Crippen LogP contribution in [-0.4, -0.2) is 22.4 Å². The summed E-state index contributed by atoms with van der Waals surface area (Å²) in [5.74, 6) is 1.78. The highest BCUT2D eigenvalue weighted by Crippen LogP contribution is 2.65. The van der Waals surface area contributed by atoms with E-state index in [4.69, 9.17) is 0 Å². The largest absolute Gasteiger partial charge is 0.393 e. The van der Waals surface area contributed by atoms with Gasteiger partial charge in [-0.15, -0.1) is 0 Å². The van der Waals surface area contributed by atoms with Crippen LogP contribution in [0.25, 0.3) is 0 Å². The van der Waals surface area contributed by atoms with Crippen molar-refractivity contribution >= 4 is 0 Å². The van der Waals surface area contributed by atoms with Gasteiger partial charge in [0.05, 0.1) is 12.2 Å². The fourth-order valence-electron chi connectivity index (χ4n) is 6.82. The van der Waals surface area contributed by atoms with Crippen molar-refractivity contribution in [1.29, 1.82) is 0 Å². The Hall–Kier alpha value is -0.600. The maximum Gasteiger partial charge on any atom is 0.0578 e. The maximum absolute atomic E-state index is 10.3.